The Kier molecular flexibility index (Phi) is 6.47. The van der Waals surface area contributed by atoms with Crippen LogP contribution >= 0.6 is 0 Å². The van der Waals surface area contributed by atoms with Crippen LogP contribution < -0.4 is 0 Å². The van der Waals surface area contributed by atoms with E-state index >= 15 is 0 Å². The van der Waals surface area contributed by atoms with Crippen LogP contribution in [0.3, 0.4) is 0 Å². The van der Waals surface area contributed by atoms with Gasteiger partial charge in [0.25, 0.3) is 11.8 Å². The zero-order valence-corrected chi connectivity index (χ0v) is 13.5. The summed E-state index contributed by atoms with van der Waals surface area (Å²) in [7, 11) is -3.03. The summed E-state index contributed by atoms with van der Waals surface area (Å²) in [5.74, 6) is -0.705. The van der Waals surface area contributed by atoms with E-state index in [-0.39, 0.29) is 11.5 Å². The maximum absolute atomic E-state index is 9.91. The first-order chi connectivity index (χ1) is 9.56. The molecule has 0 radical (unpaired) electrons. The third kappa shape index (κ3) is 3.32. The van der Waals surface area contributed by atoms with E-state index in [4.69, 9.17) is 13.3 Å². The van der Waals surface area contributed by atoms with Crippen LogP contribution in [0.1, 0.15) is 39.8 Å². The van der Waals surface area contributed by atoms with Crippen LogP contribution in [0.4, 0.5) is 0 Å². The molecule has 0 spiro atoms. The highest BCUT2D eigenvalue weighted by Crippen LogP contribution is 2.34. The molecule has 1 unspecified atom stereocenters. The SMILES string of the molecule is CCO[Si](OCC)(OCC)C(CC)n1cnc(O)c1O. The average molecular weight is 304 g/mol. The number of aromatic hydroxyl groups is 2. The van der Waals surface area contributed by atoms with Gasteiger partial charge in [0.1, 0.15) is 12.0 Å². The Morgan fingerprint density at radius 1 is 1.10 bits per heavy atom. The molecule has 0 aromatic carbocycles. The lowest BCUT2D eigenvalue weighted by atomic mass is 10.4. The van der Waals surface area contributed by atoms with Crippen LogP contribution in [0.5, 0.6) is 11.8 Å². The van der Waals surface area contributed by atoms with Gasteiger partial charge in [-0.2, -0.15) is 4.98 Å². The quantitative estimate of drug-likeness (QED) is 0.677. The Morgan fingerprint density at radius 2 is 1.60 bits per heavy atom. The second kappa shape index (κ2) is 7.63. The molecule has 7 nitrogen and oxygen atoms in total. The Bertz CT molecular complexity index is 396. The largest absolute Gasteiger partial charge is 0.525 e. The van der Waals surface area contributed by atoms with Crippen molar-refractivity contribution in [1.82, 2.24) is 9.55 Å². The molecular formula is C12H24N2O5Si. The minimum Gasteiger partial charge on any atom is -0.491 e. The maximum atomic E-state index is 9.91. The van der Waals surface area contributed by atoms with Gasteiger partial charge in [0.2, 0.25) is 0 Å². The highest BCUT2D eigenvalue weighted by Gasteiger charge is 2.50. The number of imidazole rings is 1. The third-order valence-corrected chi connectivity index (χ3v) is 6.49. The summed E-state index contributed by atoms with van der Waals surface area (Å²) in [6, 6.07) is 0. The molecule has 0 fully saturated rings. The van der Waals surface area contributed by atoms with Crippen molar-refractivity contribution in [3.63, 3.8) is 0 Å². The Hall–Kier alpha value is -1.09. The third-order valence-electron chi connectivity index (χ3n) is 2.92. The van der Waals surface area contributed by atoms with E-state index in [2.05, 4.69) is 4.98 Å². The molecule has 1 rings (SSSR count). The zero-order valence-electron chi connectivity index (χ0n) is 12.5. The first-order valence-electron chi connectivity index (χ1n) is 6.92. The fraction of sp³-hybridized carbons (Fsp3) is 0.750. The minimum absolute atomic E-state index is 0.298. The molecule has 8 heteroatoms. The monoisotopic (exact) mass is 304 g/mol. The van der Waals surface area contributed by atoms with E-state index in [1.165, 1.54) is 10.9 Å². The fourth-order valence-corrected chi connectivity index (χ4v) is 5.27. The minimum atomic E-state index is -3.03. The molecule has 1 heterocycles. The second-order valence-corrected chi connectivity index (χ2v) is 6.87. The van der Waals surface area contributed by atoms with Gasteiger partial charge in [0, 0.05) is 19.8 Å². The van der Waals surface area contributed by atoms with Gasteiger partial charge in [-0.3, -0.25) is 4.57 Å². The Balaban J connectivity index is 3.21. The van der Waals surface area contributed by atoms with Crippen molar-refractivity contribution < 1.29 is 23.5 Å². The molecule has 0 aliphatic heterocycles. The highest BCUT2D eigenvalue weighted by atomic mass is 28.4. The maximum Gasteiger partial charge on any atom is 0.525 e. The van der Waals surface area contributed by atoms with Crippen molar-refractivity contribution in [3.05, 3.63) is 6.33 Å². The number of hydrogen-bond donors (Lipinski definition) is 2. The normalized spacial score (nSPS) is 13.6. The van der Waals surface area contributed by atoms with E-state index in [0.717, 1.165) is 0 Å². The molecule has 0 bridgehead atoms. The van der Waals surface area contributed by atoms with Gasteiger partial charge in [-0.15, -0.1) is 0 Å². The van der Waals surface area contributed by atoms with Crippen LogP contribution in [0.2, 0.25) is 0 Å². The second-order valence-electron chi connectivity index (χ2n) is 4.13. The molecule has 116 valence electrons. The van der Waals surface area contributed by atoms with Crippen LogP contribution in [0.25, 0.3) is 0 Å². The number of nitrogens with zero attached hydrogens (tertiary/aromatic N) is 2. The van der Waals surface area contributed by atoms with Crippen LogP contribution in [0, 0.1) is 0 Å². The van der Waals surface area contributed by atoms with Gasteiger partial charge in [-0.1, -0.05) is 6.92 Å². The lowest BCUT2D eigenvalue weighted by Gasteiger charge is -2.35. The predicted octanol–water partition coefficient (Wildman–Crippen LogP) is 1.83. The highest BCUT2D eigenvalue weighted by molar-refractivity contribution is 6.61. The molecule has 1 atom stereocenters. The molecule has 20 heavy (non-hydrogen) atoms. The van der Waals surface area contributed by atoms with Crippen LogP contribution in [-0.4, -0.2) is 48.4 Å². The van der Waals surface area contributed by atoms with Gasteiger partial charge in [-0.25, -0.2) is 0 Å². The van der Waals surface area contributed by atoms with Crippen molar-refractivity contribution in [2.45, 2.75) is 39.8 Å². The lowest BCUT2D eigenvalue weighted by Crippen LogP contribution is -2.53. The summed E-state index contributed by atoms with van der Waals surface area (Å²) in [4.78, 5) is 3.70. The van der Waals surface area contributed by atoms with Gasteiger partial charge < -0.3 is 23.5 Å². The molecular weight excluding hydrogens is 280 g/mol. The van der Waals surface area contributed by atoms with Crippen molar-refractivity contribution in [1.29, 1.82) is 0 Å². The summed E-state index contributed by atoms with van der Waals surface area (Å²) in [5, 5.41) is 19.4. The molecule has 0 aliphatic rings. The molecule has 0 amide bonds. The zero-order chi connectivity index (χ0) is 15.2. The Labute approximate surface area is 120 Å². The summed E-state index contributed by atoms with van der Waals surface area (Å²) in [6.07, 6.45) is 1.99. The van der Waals surface area contributed by atoms with Crippen molar-refractivity contribution in [2.75, 3.05) is 19.8 Å². The van der Waals surface area contributed by atoms with E-state index in [9.17, 15) is 10.2 Å². The lowest BCUT2D eigenvalue weighted by molar-refractivity contribution is 0.0516. The topological polar surface area (TPSA) is 86.0 Å². The smallest absolute Gasteiger partial charge is 0.491 e. The number of aromatic nitrogens is 2. The van der Waals surface area contributed by atoms with Gasteiger partial charge in [0.05, 0.1) is 0 Å². The standard InChI is InChI=1S/C12H24N2O5Si/c1-5-10(14-9-13-11(15)12(14)16)20(17-6-2,18-7-3)19-8-4/h9-10,15-16H,5-8H2,1-4H3. The van der Waals surface area contributed by atoms with Crippen LogP contribution in [0.15, 0.2) is 6.33 Å². The van der Waals surface area contributed by atoms with Crippen molar-refractivity contribution in [3.8, 4) is 11.8 Å². The predicted molar refractivity (Wildman–Crippen MR) is 75.5 cm³/mol. The molecule has 2 N–H and O–H groups in total. The summed E-state index contributed by atoms with van der Waals surface area (Å²) in [5.41, 5.74) is -0.337. The van der Waals surface area contributed by atoms with Crippen molar-refractivity contribution in [2.24, 2.45) is 0 Å². The van der Waals surface area contributed by atoms with Gasteiger partial charge in [-0.05, 0) is 27.2 Å². The molecule has 0 saturated heterocycles. The average Bonchev–Trinajstić information content (AvgIpc) is 2.73. The van der Waals surface area contributed by atoms with Gasteiger partial charge in [0.15, 0.2) is 0 Å². The van der Waals surface area contributed by atoms with Gasteiger partial charge >= 0.3 is 8.80 Å². The molecule has 1 aromatic heterocycles. The summed E-state index contributed by atoms with van der Waals surface area (Å²) < 4.78 is 19.0. The van der Waals surface area contributed by atoms with E-state index in [0.29, 0.717) is 26.2 Å². The van der Waals surface area contributed by atoms with E-state index in [1.807, 2.05) is 27.7 Å². The summed E-state index contributed by atoms with van der Waals surface area (Å²) >= 11 is 0. The van der Waals surface area contributed by atoms with E-state index < -0.39 is 14.7 Å². The molecule has 0 aliphatic carbocycles. The molecule has 1 aromatic rings. The first kappa shape index (κ1) is 17.0. The number of hydrogen-bond acceptors (Lipinski definition) is 6. The summed E-state index contributed by atoms with van der Waals surface area (Å²) in [6.45, 7) is 8.91. The number of rotatable bonds is 9. The van der Waals surface area contributed by atoms with E-state index in [1.54, 1.807) is 0 Å². The first-order valence-corrected chi connectivity index (χ1v) is 8.72. The van der Waals surface area contributed by atoms with Crippen molar-refractivity contribution >= 4 is 8.80 Å². The Morgan fingerprint density at radius 3 is 1.90 bits per heavy atom. The molecule has 0 saturated carbocycles. The fourth-order valence-electron chi connectivity index (χ4n) is 2.21. The van der Waals surface area contributed by atoms with Crippen LogP contribution in [-0.2, 0) is 13.3 Å².